The Morgan fingerprint density at radius 3 is 2.82 bits per heavy atom. The second-order valence-electron chi connectivity index (χ2n) is 3.01. The number of nitrogens with zero attached hydrogens (tertiary/aromatic N) is 2. The minimum absolute atomic E-state index is 0.127. The molecule has 0 aliphatic heterocycles. The molecule has 0 unspecified atom stereocenters. The van der Waals surface area contributed by atoms with Crippen molar-refractivity contribution < 1.29 is 18.3 Å². The van der Waals surface area contributed by atoms with Crippen LogP contribution < -0.4 is 0 Å². The zero-order valence-electron chi connectivity index (χ0n) is 8.71. The number of hydrogen-bond donors (Lipinski definition) is 0. The van der Waals surface area contributed by atoms with E-state index in [-0.39, 0.29) is 26.8 Å². The first-order chi connectivity index (χ1) is 8.01. The van der Waals surface area contributed by atoms with Crippen LogP contribution in [0.4, 0.5) is 8.78 Å². The smallest absolute Gasteiger partial charge is 0.311 e. The third kappa shape index (κ3) is 3.09. The SMILES string of the molecule is COC(=O)Cc1ncc(C#N)c(C(F)F)c1I. The lowest BCUT2D eigenvalue weighted by Gasteiger charge is -2.09. The summed E-state index contributed by atoms with van der Waals surface area (Å²) in [4.78, 5) is 14.9. The largest absolute Gasteiger partial charge is 0.469 e. The van der Waals surface area contributed by atoms with Crippen molar-refractivity contribution in [1.29, 1.82) is 5.26 Å². The average Bonchev–Trinajstić information content (AvgIpc) is 2.30. The molecule has 0 fully saturated rings. The van der Waals surface area contributed by atoms with E-state index in [2.05, 4.69) is 9.72 Å². The molecule has 0 radical (unpaired) electrons. The minimum atomic E-state index is -2.78. The topological polar surface area (TPSA) is 63.0 Å². The summed E-state index contributed by atoms with van der Waals surface area (Å²) in [6.45, 7) is 0. The predicted molar refractivity (Wildman–Crippen MR) is 62.3 cm³/mol. The van der Waals surface area contributed by atoms with E-state index in [0.717, 1.165) is 6.20 Å². The van der Waals surface area contributed by atoms with Gasteiger partial charge in [0.25, 0.3) is 6.43 Å². The molecule has 17 heavy (non-hydrogen) atoms. The average molecular weight is 352 g/mol. The molecule has 0 aliphatic carbocycles. The number of hydrogen-bond acceptors (Lipinski definition) is 4. The number of rotatable bonds is 3. The van der Waals surface area contributed by atoms with Crippen molar-refractivity contribution in [3.05, 3.63) is 26.6 Å². The Labute approximate surface area is 110 Å². The molecule has 0 atom stereocenters. The number of methoxy groups -OCH3 is 1. The van der Waals surface area contributed by atoms with Crippen LogP contribution in [0.15, 0.2) is 6.20 Å². The normalized spacial score (nSPS) is 10.1. The van der Waals surface area contributed by atoms with Gasteiger partial charge in [-0.1, -0.05) is 0 Å². The van der Waals surface area contributed by atoms with Crippen LogP contribution in [0, 0.1) is 14.9 Å². The number of carbonyl (C=O) groups excluding carboxylic acids is 1. The molecule has 0 bridgehead atoms. The predicted octanol–water partition coefficient (Wildman–Crippen LogP) is 2.21. The molecule has 0 aliphatic rings. The van der Waals surface area contributed by atoms with Crippen molar-refractivity contribution >= 4 is 28.6 Å². The highest BCUT2D eigenvalue weighted by atomic mass is 127. The number of pyridine rings is 1. The van der Waals surface area contributed by atoms with Crippen molar-refractivity contribution in [2.45, 2.75) is 12.8 Å². The van der Waals surface area contributed by atoms with Crippen LogP contribution in [-0.4, -0.2) is 18.1 Å². The van der Waals surface area contributed by atoms with Gasteiger partial charge in [0, 0.05) is 9.77 Å². The molecule has 0 saturated heterocycles. The fraction of sp³-hybridized carbons (Fsp3) is 0.300. The lowest BCUT2D eigenvalue weighted by Crippen LogP contribution is -2.10. The van der Waals surface area contributed by atoms with Gasteiger partial charge in [0.2, 0.25) is 0 Å². The molecule has 0 N–H and O–H groups in total. The van der Waals surface area contributed by atoms with Crippen LogP contribution in [0.3, 0.4) is 0 Å². The molecular weight excluding hydrogens is 345 g/mol. The highest BCUT2D eigenvalue weighted by molar-refractivity contribution is 14.1. The molecule has 0 aromatic carbocycles. The maximum atomic E-state index is 12.8. The summed E-state index contributed by atoms with van der Waals surface area (Å²) < 4.78 is 30.1. The third-order valence-electron chi connectivity index (χ3n) is 2.01. The van der Waals surface area contributed by atoms with Crippen molar-refractivity contribution in [2.24, 2.45) is 0 Å². The van der Waals surface area contributed by atoms with E-state index in [4.69, 9.17) is 5.26 Å². The molecule has 0 saturated carbocycles. The summed E-state index contributed by atoms with van der Waals surface area (Å²) in [6, 6.07) is 1.65. The standard InChI is InChI=1S/C10H7F2IN2O2/c1-17-7(16)2-6-9(13)8(10(11)12)5(3-14)4-15-6/h4,10H,2H2,1H3. The zero-order valence-corrected chi connectivity index (χ0v) is 10.9. The molecule has 90 valence electrons. The number of alkyl halides is 2. The second-order valence-corrected chi connectivity index (χ2v) is 4.09. The molecule has 1 aromatic heterocycles. The van der Waals surface area contributed by atoms with E-state index in [1.807, 2.05) is 0 Å². The van der Waals surface area contributed by atoms with E-state index >= 15 is 0 Å². The first kappa shape index (κ1) is 13.8. The van der Waals surface area contributed by atoms with Gasteiger partial charge in [-0.25, -0.2) is 8.78 Å². The van der Waals surface area contributed by atoms with Gasteiger partial charge in [0.15, 0.2) is 0 Å². The minimum Gasteiger partial charge on any atom is -0.469 e. The summed E-state index contributed by atoms with van der Waals surface area (Å²) in [5, 5.41) is 8.69. The molecule has 7 heteroatoms. The Bertz CT molecular complexity index is 486. The van der Waals surface area contributed by atoms with Gasteiger partial charge >= 0.3 is 5.97 Å². The van der Waals surface area contributed by atoms with Gasteiger partial charge in [0.05, 0.1) is 30.4 Å². The summed E-state index contributed by atoms with van der Waals surface area (Å²) in [6.07, 6.45) is -1.93. The number of aromatic nitrogens is 1. The molecule has 0 amide bonds. The molecule has 0 spiro atoms. The Kier molecular flexibility index (Phi) is 4.74. The van der Waals surface area contributed by atoms with Gasteiger partial charge in [-0.05, 0) is 22.6 Å². The fourth-order valence-corrected chi connectivity index (χ4v) is 2.03. The summed E-state index contributed by atoms with van der Waals surface area (Å²) in [5.74, 6) is -0.569. The fourth-order valence-electron chi connectivity index (χ4n) is 1.18. The van der Waals surface area contributed by atoms with Crippen molar-refractivity contribution in [1.82, 2.24) is 4.98 Å². The van der Waals surface area contributed by atoms with Gasteiger partial charge in [-0.2, -0.15) is 5.26 Å². The quantitative estimate of drug-likeness (QED) is 0.618. The van der Waals surface area contributed by atoms with Gasteiger partial charge in [-0.3, -0.25) is 9.78 Å². The molecular formula is C10H7F2IN2O2. The second kappa shape index (κ2) is 5.86. The van der Waals surface area contributed by atoms with Crippen LogP contribution in [-0.2, 0) is 16.0 Å². The van der Waals surface area contributed by atoms with E-state index in [1.54, 1.807) is 28.7 Å². The number of ether oxygens (including phenoxy) is 1. The van der Waals surface area contributed by atoms with Gasteiger partial charge in [0.1, 0.15) is 6.07 Å². The summed E-state index contributed by atoms with van der Waals surface area (Å²) >= 11 is 1.65. The highest BCUT2D eigenvalue weighted by Crippen LogP contribution is 2.29. The van der Waals surface area contributed by atoms with E-state index in [0.29, 0.717) is 0 Å². The number of esters is 1. The van der Waals surface area contributed by atoms with E-state index < -0.39 is 12.4 Å². The number of halogens is 3. The van der Waals surface area contributed by atoms with Gasteiger partial charge in [-0.15, -0.1) is 0 Å². The summed E-state index contributed by atoms with van der Waals surface area (Å²) in [7, 11) is 1.20. The molecule has 1 rings (SSSR count). The number of nitriles is 1. The molecule has 1 aromatic rings. The molecule has 4 nitrogen and oxygen atoms in total. The third-order valence-corrected chi connectivity index (χ3v) is 3.21. The Morgan fingerprint density at radius 2 is 2.35 bits per heavy atom. The van der Waals surface area contributed by atoms with Crippen LogP contribution in [0.1, 0.15) is 23.2 Å². The van der Waals surface area contributed by atoms with Crippen LogP contribution in [0.5, 0.6) is 0 Å². The first-order valence-electron chi connectivity index (χ1n) is 4.43. The maximum absolute atomic E-state index is 12.8. The van der Waals surface area contributed by atoms with Crippen molar-refractivity contribution in [3.8, 4) is 6.07 Å². The zero-order chi connectivity index (χ0) is 13.0. The highest BCUT2D eigenvalue weighted by Gasteiger charge is 2.21. The van der Waals surface area contributed by atoms with E-state index in [1.165, 1.54) is 7.11 Å². The Hall–Kier alpha value is -1.30. The maximum Gasteiger partial charge on any atom is 0.311 e. The Morgan fingerprint density at radius 1 is 1.71 bits per heavy atom. The lowest BCUT2D eigenvalue weighted by molar-refractivity contribution is -0.139. The lowest BCUT2D eigenvalue weighted by atomic mass is 10.1. The Balaban J connectivity index is 3.24. The van der Waals surface area contributed by atoms with Gasteiger partial charge < -0.3 is 4.74 Å². The number of carbonyl (C=O) groups is 1. The van der Waals surface area contributed by atoms with E-state index in [9.17, 15) is 13.6 Å². The first-order valence-corrected chi connectivity index (χ1v) is 5.51. The summed E-state index contributed by atoms with van der Waals surface area (Å²) in [5.41, 5.74) is -0.383. The van der Waals surface area contributed by atoms with Crippen molar-refractivity contribution in [2.75, 3.05) is 7.11 Å². The van der Waals surface area contributed by atoms with Crippen LogP contribution in [0.25, 0.3) is 0 Å². The molecule has 1 heterocycles. The van der Waals surface area contributed by atoms with Crippen molar-refractivity contribution in [3.63, 3.8) is 0 Å². The van der Waals surface area contributed by atoms with Crippen LogP contribution in [0.2, 0.25) is 0 Å². The van der Waals surface area contributed by atoms with Crippen LogP contribution >= 0.6 is 22.6 Å². The monoisotopic (exact) mass is 352 g/mol.